The van der Waals surface area contributed by atoms with Crippen molar-refractivity contribution < 1.29 is 14.3 Å². The smallest absolute Gasteiger partial charge is 0.323 e. The first-order valence-electron chi connectivity index (χ1n) is 7.80. The number of carbonyl (C=O) groups excluding carboxylic acids is 1. The van der Waals surface area contributed by atoms with Crippen molar-refractivity contribution in [2.75, 3.05) is 26.8 Å². The number of hydrogen-bond acceptors (Lipinski definition) is 4. The van der Waals surface area contributed by atoms with Crippen molar-refractivity contribution in [2.45, 2.75) is 31.7 Å². The first-order valence-corrected chi connectivity index (χ1v) is 7.80. The van der Waals surface area contributed by atoms with Gasteiger partial charge >= 0.3 is 5.97 Å². The van der Waals surface area contributed by atoms with Crippen molar-refractivity contribution in [3.05, 3.63) is 29.8 Å². The van der Waals surface area contributed by atoms with Gasteiger partial charge in [0.1, 0.15) is 11.8 Å². The Morgan fingerprint density at radius 1 is 1.33 bits per heavy atom. The van der Waals surface area contributed by atoms with Crippen molar-refractivity contribution in [2.24, 2.45) is 5.92 Å². The van der Waals surface area contributed by atoms with E-state index >= 15 is 0 Å². The largest absolute Gasteiger partial charge is 0.496 e. The zero-order chi connectivity index (χ0) is 14.7. The van der Waals surface area contributed by atoms with E-state index < -0.39 is 0 Å². The van der Waals surface area contributed by atoms with Gasteiger partial charge in [0.2, 0.25) is 0 Å². The molecule has 114 valence electrons. The average Bonchev–Trinajstić information content (AvgIpc) is 2.94. The van der Waals surface area contributed by atoms with Gasteiger partial charge in [-0.15, -0.1) is 0 Å². The van der Waals surface area contributed by atoms with Gasteiger partial charge in [-0.2, -0.15) is 0 Å². The molecule has 4 nitrogen and oxygen atoms in total. The van der Waals surface area contributed by atoms with E-state index in [4.69, 9.17) is 9.47 Å². The predicted molar refractivity (Wildman–Crippen MR) is 80.4 cm³/mol. The van der Waals surface area contributed by atoms with Gasteiger partial charge in [-0.3, -0.25) is 9.69 Å². The Morgan fingerprint density at radius 3 is 2.95 bits per heavy atom. The van der Waals surface area contributed by atoms with Crippen molar-refractivity contribution >= 4 is 5.97 Å². The highest BCUT2D eigenvalue weighted by Gasteiger charge is 2.35. The lowest BCUT2D eigenvalue weighted by molar-refractivity contribution is -0.142. The molecule has 1 aromatic rings. The molecule has 0 radical (unpaired) electrons. The van der Waals surface area contributed by atoms with Crippen LogP contribution in [0, 0.1) is 5.92 Å². The number of esters is 1. The van der Waals surface area contributed by atoms with Crippen LogP contribution in [0.4, 0.5) is 0 Å². The summed E-state index contributed by atoms with van der Waals surface area (Å²) in [7, 11) is 1.72. The summed E-state index contributed by atoms with van der Waals surface area (Å²) < 4.78 is 10.6. The van der Waals surface area contributed by atoms with Crippen molar-refractivity contribution in [3.8, 4) is 5.75 Å². The summed E-state index contributed by atoms with van der Waals surface area (Å²) in [5, 5.41) is 0. The Bertz CT molecular complexity index is 503. The number of benzene rings is 1. The van der Waals surface area contributed by atoms with Crippen LogP contribution in [0.15, 0.2) is 24.3 Å². The van der Waals surface area contributed by atoms with Crippen molar-refractivity contribution in [1.82, 2.24) is 4.90 Å². The number of rotatable bonds is 4. The minimum Gasteiger partial charge on any atom is -0.496 e. The van der Waals surface area contributed by atoms with E-state index in [9.17, 15) is 4.79 Å². The Labute approximate surface area is 126 Å². The van der Waals surface area contributed by atoms with Crippen LogP contribution >= 0.6 is 0 Å². The Hall–Kier alpha value is -1.55. The van der Waals surface area contributed by atoms with Gasteiger partial charge in [0, 0.05) is 13.0 Å². The normalized spacial score (nSPS) is 26.6. The maximum atomic E-state index is 11.8. The maximum absolute atomic E-state index is 11.8. The third-order valence-electron chi connectivity index (χ3n) is 4.60. The van der Waals surface area contributed by atoms with Crippen LogP contribution in [-0.2, 0) is 16.0 Å². The van der Waals surface area contributed by atoms with Gasteiger partial charge in [-0.05, 0) is 43.4 Å². The molecule has 0 N–H and O–H groups in total. The molecule has 21 heavy (non-hydrogen) atoms. The fourth-order valence-electron chi connectivity index (χ4n) is 3.55. The van der Waals surface area contributed by atoms with Gasteiger partial charge in [-0.1, -0.05) is 18.2 Å². The number of methoxy groups -OCH3 is 1. The second-order valence-corrected chi connectivity index (χ2v) is 5.99. The van der Waals surface area contributed by atoms with Crippen LogP contribution in [0.3, 0.4) is 0 Å². The molecule has 2 aliphatic rings. The fraction of sp³-hybridized carbons (Fsp3) is 0.588. The molecule has 2 heterocycles. The third kappa shape index (κ3) is 3.21. The summed E-state index contributed by atoms with van der Waals surface area (Å²) in [5.41, 5.74) is 1.26. The van der Waals surface area contributed by atoms with Crippen LogP contribution in [0.1, 0.15) is 24.8 Å². The van der Waals surface area contributed by atoms with Crippen LogP contribution in [-0.4, -0.2) is 43.7 Å². The molecular weight excluding hydrogens is 266 g/mol. The van der Waals surface area contributed by atoms with Crippen LogP contribution < -0.4 is 4.74 Å². The summed E-state index contributed by atoms with van der Waals surface area (Å²) in [6.07, 6.45) is 4.24. The molecule has 2 unspecified atom stereocenters. The number of para-hydroxylation sites is 1. The topological polar surface area (TPSA) is 38.8 Å². The lowest BCUT2D eigenvalue weighted by Crippen LogP contribution is -2.45. The Kier molecular flexibility index (Phi) is 4.44. The molecule has 2 fully saturated rings. The molecule has 1 aromatic carbocycles. The standard InChI is InChI=1S/C17H23NO3/c1-20-16-7-3-2-6-14(16)11-13-5-4-9-18(12-13)15-8-10-21-17(15)19/h2-3,6-7,13,15H,4-5,8-12H2,1H3. The molecule has 3 rings (SSSR count). The minimum absolute atomic E-state index is 0.00883. The zero-order valence-corrected chi connectivity index (χ0v) is 12.6. The van der Waals surface area contributed by atoms with Crippen LogP contribution in [0.25, 0.3) is 0 Å². The highest BCUT2D eigenvalue weighted by molar-refractivity contribution is 5.77. The molecule has 0 bridgehead atoms. The molecule has 0 aromatic heterocycles. The number of ether oxygens (including phenoxy) is 2. The van der Waals surface area contributed by atoms with Gasteiger partial charge in [-0.25, -0.2) is 0 Å². The number of carbonyl (C=O) groups is 1. The van der Waals surface area contributed by atoms with Crippen LogP contribution in [0.2, 0.25) is 0 Å². The molecule has 0 spiro atoms. The minimum atomic E-state index is -0.0343. The van der Waals surface area contributed by atoms with Gasteiger partial charge in [0.05, 0.1) is 13.7 Å². The quantitative estimate of drug-likeness (QED) is 0.797. The SMILES string of the molecule is COc1ccccc1CC1CCCN(C2CCOC2=O)C1. The second-order valence-electron chi connectivity index (χ2n) is 5.99. The molecule has 4 heteroatoms. The first-order chi connectivity index (χ1) is 10.3. The molecule has 2 aliphatic heterocycles. The van der Waals surface area contributed by atoms with Crippen molar-refractivity contribution in [1.29, 1.82) is 0 Å². The van der Waals surface area contributed by atoms with E-state index in [-0.39, 0.29) is 12.0 Å². The monoisotopic (exact) mass is 289 g/mol. The Balaban J connectivity index is 1.64. The first kappa shape index (κ1) is 14.4. The number of nitrogens with zero attached hydrogens (tertiary/aromatic N) is 1. The zero-order valence-electron chi connectivity index (χ0n) is 12.6. The summed E-state index contributed by atoms with van der Waals surface area (Å²) in [4.78, 5) is 14.1. The lowest BCUT2D eigenvalue weighted by Gasteiger charge is -2.35. The third-order valence-corrected chi connectivity index (χ3v) is 4.60. The highest BCUT2D eigenvalue weighted by Crippen LogP contribution is 2.28. The predicted octanol–water partition coefficient (Wildman–Crippen LogP) is 2.27. The van der Waals surface area contributed by atoms with Crippen molar-refractivity contribution in [3.63, 3.8) is 0 Å². The van der Waals surface area contributed by atoms with Gasteiger partial charge in [0.25, 0.3) is 0 Å². The molecule has 0 aliphatic carbocycles. The van der Waals surface area contributed by atoms with E-state index in [1.165, 1.54) is 12.0 Å². The summed E-state index contributed by atoms with van der Waals surface area (Å²) in [5.74, 6) is 1.52. The molecular formula is C17H23NO3. The number of likely N-dealkylation sites (tertiary alicyclic amines) is 1. The van der Waals surface area contributed by atoms with Crippen LogP contribution in [0.5, 0.6) is 5.75 Å². The van der Waals surface area contributed by atoms with Gasteiger partial charge in [0.15, 0.2) is 0 Å². The van der Waals surface area contributed by atoms with E-state index in [1.54, 1.807) is 7.11 Å². The number of piperidine rings is 1. The number of cyclic esters (lactones) is 1. The maximum Gasteiger partial charge on any atom is 0.323 e. The van der Waals surface area contributed by atoms with E-state index in [0.29, 0.717) is 12.5 Å². The second kappa shape index (κ2) is 6.48. The lowest BCUT2D eigenvalue weighted by atomic mass is 9.90. The summed E-state index contributed by atoms with van der Waals surface area (Å²) >= 11 is 0. The number of hydrogen-bond donors (Lipinski definition) is 0. The fourth-order valence-corrected chi connectivity index (χ4v) is 3.55. The Morgan fingerprint density at radius 2 is 2.19 bits per heavy atom. The molecule has 2 atom stereocenters. The van der Waals surface area contributed by atoms with Gasteiger partial charge < -0.3 is 9.47 Å². The van der Waals surface area contributed by atoms with E-state index in [0.717, 1.165) is 38.1 Å². The van der Waals surface area contributed by atoms with E-state index in [2.05, 4.69) is 17.0 Å². The highest BCUT2D eigenvalue weighted by atomic mass is 16.5. The average molecular weight is 289 g/mol. The summed E-state index contributed by atoms with van der Waals surface area (Å²) in [6.45, 7) is 2.58. The van der Waals surface area contributed by atoms with E-state index in [1.807, 2.05) is 12.1 Å². The molecule has 0 amide bonds. The molecule has 0 saturated carbocycles. The summed E-state index contributed by atoms with van der Waals surface area (Å²) in [6, 6.07) is 8.22. The molecule has 2 saturated heterocycles.